The van der Waals surface area contributed by atoms with E-state index in [1.54, 1.807) is 21.0 Å². The molecular weight excluding hydrogens is 329 g/mol. The lowest BCUT2D eigenvalue weighted by Gasteiger charge is -2.07. The predicted molar refractivity (Wildman–Crippen MR) is 84.2 cm³/mol. The van der Waals surface area contributed by atoms with Gasteiger partial charge in [-0.05, 0) is 25.1 Å². The van der Waals surface area contributed by atoms with Crippen LogP contribution < -0.4 is 5.32 Å². The highest BCUT2D eigenvalue weighted by molar-refractivity contribution is 7.17. The molecule has 1 heterocycles. The molecule has 8 heteroatoms. The first-order valence-electron chi connectivity index (χ1n) is 6.25. The van der Waals surface area contributed by atoms with Crippen LogP contribution in [-0.4, -0.2) is 35.8 Å². The van der Waals surface area contributed by atoms with E-state index in [0.717, 1.165) is 23.5 Å². The summed E-state index contributed by atoms with van der Waals surface area (Å²) in [4.78, 5) is 30.1. The van der Waals surface area contributed by atoms with Crippen molar-refractivity contribution >= 4 is 39.9 Å². The lowest BCUT2D eigenvalue weighted by atomic mass is 10.2. The van der Waals surface area contributed by atoms with E-state index in [1.165, 1.54) is 11.0 Å². The summed E-state index contributed by atoms with van der Waals surface area (Å²) in [6, 6.07) is 3.50. The summed E-state index contributed by atoms with van der Waals surface area (Å²) in [5.74, 6) is -1.22. The topological polar surface area (TPSA) is 62.3 Å². The molecule has 2 aromatic rings. The number of carbonyl (C=O) groups excluding carboxylic acids is 2. The first kappa shape index (κ1) is 16.4. The molecule has 2 amide bonds. The highest BCUT2D eigenvalue weighted by Gasteiger charge is 2.19. The number of nitrogens with one attached hydrogen (secondary N) is 1. The quantitative estimate of drug-likeness (QED) is 0.932. The number of thiazole rings is 1. The second kappa shape index (κ2) is 6.41. The van der Waals surface area contributed by atoms with Gasteiger partial charge in [0, 0.05) is 14.1 Å². The molecule has 0 saturated carbocycles. The normalized spacial score (nSPS) is 10.4. The van der Waals surface area contributed by atoms with Gasteiger partial charge >= 0.3 is 0 Å². The molecule has 0 aliphatic carbocycles. The minimum absolute atomic E-state index is 0.00960. The van der Waals surface area contributed by atoms with E-state index in [4.69, 9.17) is 11.6 Å². The lowest BCUT2D eigenvalue weighted by molar-refractivity contribution is 0.0831. The number of aryl methyl sites for hydroxylation is 1. The van der Waals surface area contributed by atoms with Crippen molar-refractivity contribution in [3.8, 4) is 0 Å². The van der Waals surface area contributed by atoms with Crippen LogP contribution in [0.15, 0.2) is 18.2 Å². The third-order valence-electron chi connectivity index (χ3n) is 2.79. The molecule has 1 N–H and O–H groups in total. The standard InChI is InChI=1S/C14H13ClFN3O2S/c1-7-11(13(21)19(2)3)22-14(17-7)18-12(20)9-5-4-8(16)6-10(9)15/h4-6H,1-3H3,(H,17,18,20). The Morgan fingerprint density at radius 2 is 2.05 bits per heavy atom. The Morgan fingerprint density at radius 1 is 1.36 bits per heavy atom. The van der Waals surface area contributed by atoms with Crippen LogP contribution in [0.5, 0.6) is 0 Å². The van der Waals surface area contributed by atoms with Crippen molar-refractivity contribution in [3.63, 3.8) is 0 Å². The van der Waals surface area contributed by atoms with Gasteiger partial charge in [-0.25, -0.2) is 9.37 Å². The average molecular weight is 342 g/mol. The third kappa shape index (κ3) is 3.42. The molecule has 0 bridgehead atoms. The number of nitrogens with zero attached hydrogens (tertiary/aromatic N) is 2. The van der Waals surface area contributed by atoms with Gasteiger partial charge in [0.05, 0.1) is 16.3 Å². The predicted octanol–water partition coefficient (Wildman–Crippen LogP) is 3.20. The van der Waals surface area contributed by atoms with E-state index < -0.39 is 11.7 Å². The van der Waals surface area contributed by atoms with Crippen LogP contribution in [-0.2, 0) is 0 Å². The minimum Gasteiger partial charge on any atom is -0.344 e. The van der Waals surface area contributed by atoms with Crippen molar-refractivity contribution in [3.05, 3.63) is 45.2 Å². The molecule has 0 saturated heterocycles. The van der Waals surface area contributed by atoms with Crippen molar-refractivity contribution < 1.29 is 14.0 Å². The van der Waals surface area contributed by atoms with E-state index >= 15 is 0 Å². The summed E-state index contributed by atoms with van der Waals surface area (Å²) in [5, 5.41) is 2.86. The molecule has 22 heavy (non-hydrogen) atoms. The Bertz CT molecular complexity index is 746. The number of hydrogen-bond donors (Lipinski definition) is 1. The molecule has 0 spiro atoms. The molecular formula is C14H13ClFN3O2S. The Hall–Kier alpha value is -1.99. The molecule has 2 rings (SSSR count). The van der Waals surface area contributed by atoms with E-state index in [1.807, 2.05) is 0 Å². The number of amides is 2. The number of benzene rings is 1. The summed E-state index contributed by atoms with van der Waals surface area (Å²) in [6.45, 7) is 1.69. The van der Waals surface area contributed by atoms with Crippen LogP contribution >= 0.6 is 22.9 Å². The summed E-state index contributed by atoms with van der Waals surface area (Å²) in [5.41, 5.74) is 0.667. The van der Waals surface area contributed by atoms with Crippen LogP contribution in [0.25, 0.3) is 0 Å². The number of aromatic nitrogens is 1. The van der Waals surface area contributed by atoms with Crippen LogP contribution in [0, 0.1) is 12.7 Å². The second-order valence-electron chi connectivity index (χ2n) is 4.71. The molecule has 116 valence electrons. The molecule has 0 fully saturated rings. The summed E-state index contributed by atoms with van der Waals surface area (Å²) >= 11 is 6.92. The Labute approximate surface area is 135 Å². The van der Waals surface area contributed by atoms with Gasteiger partial charge in [-0.2, -0.15) is 0 Å². The van der Waals surface area contributed by atoms with Crippen molar-refractivity contribution in [1.82, 2.24) is 9.88 Å². The lowest BCUT2D eigenvalue weighted by Crippen LogP contribution is -2.21. The zero-order valence-electron chi connectivity index (χ0n) is 12.1. The fourth-order valence-corrected chi connectivity index (χ4v) is 2.93. The van der Waals surface area contributed by atoms with Gasteiger partial charge < -0.3 is 4.90 Å². The minimum atomic E-state index is -0.523. The van der Waals surface area contributed by atoms with Gasteiger partial charge in [0.25, 0.3) is 11.8 Å². The first-order valence-corrected chi connectivity index (χ1v) is 7.44. The maximum absolute atomic E-state index is 13.0. The number of hydrogen-bond acceptors (Lipinski definition) is 4. The molecule has 1 aromatic carbocycles. The Morgan fingerprint density at radius 3 is 2.64 bits per heavy atom. The van der Waals surface area contributed by atoms with Gasteiger partial charge in [0.2, 0.25) is 0 Å². The number of anilines is 1. The zero-order chi connectivity index (χ0) is 16.4. The monoisotopic (exact) mass is 341 g/mol. The summed E-state index contributed by atoms with van der Waals surface area (Å²) in [7, 11) is 3.27. The van der Waals surface area contributed by atoms with Gasteiger partial charge in [-0.15, -0.1) is 0 Å². The third-order valence-corrected chi connectivity index (χ3v) is 4.17. The Balaban J connectivity index is 2.22. The zero-order valence-corrected chi connectivity index (χ0v) is 13.7. The van der Waals surface area contributed by atoms with Crippen molar-refractivity contribution in [1.29, 1.82) is 0 Å². The highest BCUT2D eigenvalue weighted by Crippen LogP contribution is 2.25. The van der Waals surface area contributed by atoms with Crippen molar-refractivity contribution in [2.24, 2.45) is 0 Å². The smallest absolute Gasteiger partial charge is 0.265 e. The number of rotatable bonds is 3. The average Bonchev–Trinajstić information content (AvgIpc) is 2.78. The van der Waals surface area contributed by atoms with Gasteiger partial charge in [-0.1, -0.05) is 22.9 Å². The molecule has 1 aromatic heterocycles. The maximum Gasteiger partial charge on any atom is 0.265 e. The van der Waals surface area contributed by atoms with Crippen molar-refractivity contribution in [2.75, 3.05) is 19.4 Å². The molecule has 5 nitrogen and oxygen atoms in total. The fourth-order valence-electron chi connectivity index (χ4n) is 1.69. The first-order chi connectivity index (χ1) is 10.3. The second-order valence-corrected chi connectivity index (χ2v) is 6.12. The Kier molecular flexibility index (Phi) is 4.77. The molecule has 0 unspecified atom stereocenters. The van der Waals surface area contributed by atoms with Crippen LogP contribution in [0.3, 0.4) is 0 Å². The van der Waals surface area contributed by atoms with Crippen molar-refractivity contribution in [2.45, 2.75) is 6.92 Å². The summed E-state index contributed by atoms with van der Waals surface area (Å²) in [6.07, 6.45) is 0. The molecule has 0 atom stereocenters. The highest BCUT2D eigenvalue weighted by atomic mass is 35.5. The van der Waals surface area contributed by atoms with E-state index in [0.29, 0.717) is 10.6 Å². The number of halogens is 2. The van der Waals surface area contributed by atoms with Crippen LogP contribution in [0.1, 0.15) is 25.7 Å². The van der Waals surface area contributed by atoms with E-state index in [9.17, 15) is 14.0 Å². The maximum atomic E-state index is 13.0. The van der Waals surface area contributed by atoms with Crippen LogP contribution in [0.4, 0.5) is 9.52 Å². The van der Waals surface area contributed by atoms with E-state index in [-0.39, 0.29) is 21.6 Å². The molecule has 0 aliphatic heterocycles. The fraction of sp³-hybridized carbons (Fsp3) is 0.214. The number of carbonyl (C=O) groups is 2. The van der Waals surface area contributed by atoms with E-state index in [2.05, 4.69) is 10.3 Å². The van der Waals surface area contributed by atoms with Gasteiger partial charge in [0.1, 0.15) is 10.7 Å². The summed E-state index contributed by atoms with van der Waals surface area (Å²) < 4.78 is 13.0. The SMILES string of the molecule is Cc1nc(NC(=O)c2ccc(F)cc2Cl)sc1C(=O)N(C)C. The van der Waals surface area contributed by atoms with Gasteiger partial charge in [0.15, 0.2) is 5.13 Å². The molecule has 0 radical (unpaired) electrons. The van der Waals surface area contributed by atoms with Gasteiger partial charge in [-0.3, -0.25) is 14.9 Å². The largest absolute Gasteiger partial charge is 0.344 e. The molecule has 0 aliphatic rings. The van der Waals surface area contributed by atoms with Crippen LogP contribution in [0.2, 0.25) is 5.02 Å².